The molecule has 0 bridgehead atoms. The largest absolute Gasteiger partial charge is 1.00 e. The molecule has 0 amide bonds. The molecule has 0 saturated heterocycles. The molecule has 1 heterocycles. The zero-order chi connectivity index (χ0) is 10.1. The Balaban J connectivity index is 0.00000112. The molecule has 15 heavy (non-hydrogen) atoms. The van der Waals surface area contributed by atoms with Crippen LogP contribution in [-0.2, 0) is 13.1 Å². The van der Waals surface area contributed by atoms with Crippen molar-refractivity contribution in [2.24, 2.45) is 0 Å². The van der Waals surface area contributed by atoms with Crippen molar-refractivity contribution < 1.29 is 28.5 Å². The second kappa shape index (κ2) is 4.96. The van der Waals surface area contributed by atoms with E-state index < -0.39 is 0 Å². The first-order valence-electron chi connectivity index (χ1n) is 5.27. The van der Waals surface area contributed by atoms with E-state index in [-0.39, 0.29) is 24.0 Å². The highest BCUT2D eigenvalue weighted by Crippen LogP contribution is 2.13. The molecule has 0 unspecified atom stereocenters. The topological polar surface area (TPSA) is 8.81 Å². The third-order valence-electron chi connectivity index (χ3n) is 2.88. The third kappa shape index (κ3) is 1.89. The fourth-order valence-corrected chi connectivity index (χ4v) is 2.21. The molecule has 1 aromatic heterocycles. The monoisotopic (exact) mass is 316 g/mol. The zero-order valence-corrected chi connectivity index (χ0v) is 11.7. The number of halogens is 1. The van der Waals surface area contributed by atoms with Crippen LogP contribution in [0.4, 0.5) is 0 Å². The number of aromatic nitrogens is 2. The molecule has 3 heteroatoms. The minimum atomic E-state index is 0. The van der Waals surface area contributed by atoms with Crippen LogP contribution in [0.25, 0.3) is 11.0 Å². The summed E-state index contributed by atoms with van der Waals surface area (Å²) < 4.78 is 4.72. The van der Waals surface area contributed by atoms with Gasteiger partial charge in [0.15, 0.2) is 11.0 Å². The maximum atomic E-state index is 2.36. The van der Waals surface area contributed by atoms with Gasteiger partial charge in [0.2, 0.25) is 0 Å². The Hall–Kier alpha value is -0.580. The quantitative estimate of drug-likeness (QED) is 0.511. The first-order chi connectivity index (χ1) is 6.79. The Morgan fingerprint density at radius 1 is 1.20 bits per heavy atom. The predicted octanol–water partition coefficient (Wildman–Crippen LogP) is -0.719. The zero-order valence-electron chi connectivity index (χ0n) is 9.50. The summed E-state index contributed by atoms with van der Waals surface area (Å²) in [6.07, 6.45) is 0. The Kier molecular flexibility index (Phi) is 4.13. The molecule has 2 aromatic rings. The first kappa shape index (κ1) is 12.5. The molecular weight excluding hydrogens is 299 g/mol. The number of hydrogen-bond acceptors (Lipinski definition) is 0. The average Bonchev–Trinajstić information content (AvgIpc) is 2.49. The van der Waals surface area contributed by atoms with E-state index in [2.05, 4.69) is 54.2 Å². The van der Waals surface area contributed by atoms with Crippen LogP contribution in [0.1, 0.15) is 19.7 Å². The van der Waals surface area contributed by atoms with Crippen LogP contribution in [0, 0.1) is 6.92 Å². The predicted molar refractivity (Wildman–Crippen MR) is 58.2 cm³/mol. The molecule has 1 aromatic carbocycles. The maximum Gasteiger partial charge on any atom is 0.254 e. The van der Waals surface area contributed by atoms with E-state index in [1.807, 2.05) is 0 Å². The van der Waals surface area contributed by atoms with Crippen LogP contribution in [0.5, 0.6) is 0 Å². The molecule has 0 atom stereocenters. The van der Waals surface area contributed by atoms with Gasteiger partial charge in [-0.2, -0.15) is 0 Å². The fraction of sp³-hybridized carbons (Fsp3) is 0.417. The minimum absolute atomic E-state index is 0. The van der Waals surface area contributed by atoms with Crippen molar-refractivity contribution in [1.29, 1.82) is 0 Å². The number of aryl methyl sites for hydroxylation is 2. The molecule has 0 aliphatic carbocycles. The third-order valence-corrected chi connectivity index (χ3v) is 2.88. The van der Waals surface area contributed by atoms with Gasteiger partial charge in [-0.15, -0.1) is 0 Å². The van der Waals surface area contributed by atoms with E-state index in [4.69, 9.17) is 0 Å². The van der Waals surface area contributed by atoms with E-state index in [0.717, 1.165) is 13.1 Å². The lowest BCUT2D eigenvalue weighted by Crippen LogP contribution is -3.00. The van der Waals surface area contributed by atoms with Gasteiger partial charge < -0.3 is 24.0 Å². The summed E-state index contributed by atoms with van der Waals surface area (Å²) in [4.78, 5) is 0. The number of nitrogens with zero attached hydrogens (tertiary/aromatic N) is 2. The van der Waals surface area contributed by atoms with Gasteiger partial charge in [0.05, 0.1) is 13.1 Å². The number of para-hydroxylation sites is 2. The molecule has 2 rings (SSSR count). The van der Waals surface area contributed by atoms with Gasteiger partial charge in [0.25, 0.3) is 5.82 Å². The summed E-state index contributed by atoms with van der Waals surface area (Å²) in [5.74, 6) is 1.34. The van der Waals surface area contributed by atoms with E-state index >= 15 is 0 Å². The molecule has 0 aliphatic rings. The van der Waals surface area contributed by atoms with E-state index in [9.17, 15) is 0 Å². The highest BCUT2D eigenvalue weighted by Gasteiger charge is 2.17. The SMILES string of the molecule is CCn1c(C)[n+](CC)c2ccccc21.[I-]. The van der Waals surface area contributed by atoms with Crippen molar-refractivity contribution in [2.75, 3.05) is 0 Å². The Morgan fingerprint density at radius 2 is 1.87 bits per heavy atom. The summed E-state index contributed by atoms with van der Waals surface area (Å²) in [7, 11) is 0. The smallest absolute Gasteiger partial charge is 0.254 e. The van der Waals surface area contributed by atoms with Crippen LogP contribution in [0.15, 0.2) is 24.3 Å². The summed E-state index contributed by atoms with van der Waals surface area (Å²) >= 11 is 0. The number of benzene rings is 1. The van der Waals surface area contributed by atoms with Gasteiger partial charge in [0, 0.05) is 6.92 Å². The van der Waals surface area contributed by atoms with Crippen molar-refractivity contribution in [2.45, 2.75) is 33.9 Å². The number of hydrogen-bond donors (Lipinski definition) is 0. The molecular formula is C12H17IN2. The molecule has 0 fully saturated rings. The number of fused-ring (bicyclic) bond motifs is 1. The summed E-state index contributed by atoms with van der Waals surface area (Å²) in [6, 6.07) is 8.60. The van der Waals surface area contributed by atoms with Gasteiger partial charge in [-0.05, 0) is 26.0 Å². The first-order valence-corrected chi connectivity index (χ1v) is 5.27. The van der Waals surface area contributed by atoms with Crippen molar-refractivity contribution in [3.63, 3.8) is 0 Å². The number of rotatable bonds is 2. The van der Waals surface area contributed by atoms with Gasteiger partial charge in [-0.1, -0.05) is 12.1 Å². The number of imidazole rings is 1. The highest BCUT2D eigenvalue weighted by molar-refractivity contribution is 5.72. The lowest BCUT2D eigenvalue weighted by molar-refractivity contribution is -0.674. The van der Waals surface area contributed by atoms with Crippen molar-refractivity contribution in [3.8, 4) is 0 Å². The molecule has 0 N–H and O–H groups in total. The van der Waals surface area contributed by atoms with Crippen molar-refractivity contribution in [1.82, 2.24) is 4.57 Å². The van der Waals surface area contributed by atoms with Gasteiger partial charge in [-0.3, -0.25) is 0 Å². The molecule has 0 saturated carbocycles. The van der Waals surface area contributed by atoms with Gasteiger partial charge >= 0.3 is 0 Å². The maximum absolute atomic E-state index is 2.36. The van der Waals surface area contributed by atoms with Gasteiger partial charge in [-0.25, -0.2) is 9.13 Å². The molecule has 0 aliphatic heterocycles. The van der Waals surface area contributed by atoms with Crippen LogP contribution in [0.3, 0.4) is 0 Å². The van der Waals surface area contributed by atoms with E-state index in [1.54, 1.807) is 0 Å². The second-order valence-electron chi connectivity index (χ2n) is 3.52. The highest BCUT2D eigenvalue weighted by atomic mass is 127. The molecule has 0 spiro atoms. The van der Waals surface area contributed by atoms with E-state index in [1.165, 1.54) is 16.9 Å². The van der Waals surface area contributed by atoms with Crippen molar-refractivity contribution in [3.05, 3.63) is 30.1 Å². The summed E-state index contributed by atoms with van der Waals surface area (Å²) in [5.41, 5.74) is 2.68. The lowest BCUT2D eigenvalue weighted by atomic mass is 10.3. The van der Waals surface area contributed by atoms with Crippen LogP contribution in [0.2, 0.25) is 0 Å². The Labute approximate surface area is 108 Å². The van der Waals surface area contributed by atoms with E-state index in [0.29, 0.717) is 0 Å². The van der Waals surface area contributed by atoms with Gasteiger partial charge in [0.1, 0.15) is 0 Å². The normalized spacial score (nSPS) is 10.3. The lowest BCUT2D eigenvalue weighted by Gasteiger charge is -1.94. The second-order valence-corrected chi connectivity index (χ2v) is 3.52. The molecule has 82 valence electrons. The van der Waals surface area contributed by atoms with Crippen LogP contribution >= 0.6 is 0 Å². The molecule has 0 radical (unpaired) electrons. The van der Waals surface area contributed by atoms with Crippen LogP contribution < -0.4 is 28.5 Å². The molecule has 2 nitrogen and oxygen atoms in total. The van der Waals surface area contributed by atoms with Crippen LogP contribution in [-0.4, -0.2) is 4.57 Å². The summed E-state index contributed by atoms with van der Waals surface area (Å²) in [5, 5.41) is 0. The minimum Gasteiger partial charge on any atom is -1.00 e. The average molecular weight is 316 g/mol. The Bertz CT molecular complexity index is 419. The summed E-state index contributed by atoms with van der Waals surface area (Å²) in [6.45, 7) is 8.66. The fourth-order valence-electron chi connectivity index (χ4n) is 2.21. The Morgan fingerprint density at radius 3 is 2.47 bits per heavy atom. The van der Waals surface area contributed by atoms with Crippen molar-refractivity contribution >= 4 is 11.0 Å². The standard InChI is InChI=1S/C12H17N2.HI/c1-4-13-10(3)14(5-2)12-9-7-6-8-11(12)13;/h6-9H,4-5H2,1-3H3;1H/q+1;/p-1.